The number of aromatic amines is 1. The van der Waals surface area contributed by atoms with E-state index in [0.717, 1.165) is 0 Å². The topological polar surface area (TPSA) is 87.2 Å². The van der Waals surface area contributed by atoms with Crippen molar-refractivity contribution in [2.24, 2.45) is 0 Å². The van der Waals surface area contributed by atoms with Crippen molar-refractivity contribution in [1.82, 2.24) is 10.2 Å². The van der Waals surface area contributed by atoms with Gasteiger partial charge in [-0.15, -0.1) is 0 Å². The molecule has 0 fully saturated rings. The van der Waals surface area contributed by atoms with Gasteiger partial charge in [-0.1, -0.05) is 23.7 Å². The van der Waals surface area contributed by atoms with Crippen molar-refractivity contribution < 1.29 is 9.84 Å². The maximum absolute atomic E-state index is 11.3. The van der Waals surface area contributed by atoms with Crippen molar-refractivity contribution in [2.45, 2.75) is 6.54 Å². The zero-order chi connectivity index (χ0) is 13.8. The van der Waals surface area contributed by atoms with Gasteiger partial charge in [0, 0.05) is 12.1 Å². The number of methoxy groups -OCH3 is 1. The Labute approximate surface area is 114 Å². The Morgan fingerprint density at radius 1 is 1.53 bits per heavy atom. The number of benzene rings is 1. The molecule has 0 aliphatic rings. The van der Waals surface area contributed by atoms with Gasteiger partial charge >= 0.3 is 0 Å². The molecule has 1 aromatic heterocycles. The molecule has 2 rings (SSSR count). The zero-order valence-corrected chi connectivity index (χ0v) is 10.9. The Morgan fingerprint density at radius 3 is 3.05 bits per heavy atom. The molecule has 1 aromatic carbocycles. The summed E-state index contributed by atoms with van der Waals surface area (Å²) >= 11 is 5.82. The third kappa shape index (κ3) is 2.79. The number of nitrogens with zero attached hydrogens (tertiary/aromatic N) is 1. The van der Waals surface area contributed by atoms with E-state index in [4.69, 9.17) is 16.3 Å². The number of hydrogen-bond donors (Lipinski definition) is 3. The van der Waals surface area contributed by atoms with E-state index >= 15 is 0 Å². The van der Waals surface area contributed by atoms with Crippen LogP contribution in [0.1, 0.15) is 5.56 Å². The molecule has 6 nitrogen and oxygen atoms in total. The van der Waals surface area contributed by atoms with Gasteiger partial charge in [0.05, 0.1) is 19.0 Å². The number of para-hydroxylation sites is 1. The van der Waals surface area contributed by atoms with Crippen LogP contribution >= 0.6 is 11.6 Å². The van der Waals surface area contributed by atoms with E-state index in [1.165, 1.54) is 13.3 Å². The summed E-state index contributed by atoms with van der Waals surface area (Å²) in [5, 5.41) is 18.7. The summed E-state index contributed by atoms with van der Waals surface area (Å²) in [7, 11) is 1.48. The fourth-order valence-electron chi connectivity index (χ4n) is 1.57. The molecule has 19 heavy (non-hydrogen) atoms. The molecule has 0 aliphatic heterocycles. The molecule has 0 radical (unpaired) electrons. The highest BCUT2D eigenvalue weighted by molar-refractivity contribution is 6.32. The number of hydrogen-bond acceptors (Lipinski definition) is 5. The average molecular weight is 282 g/mol. The monoisotopic (exact) mass is 281 g/mol. The normalized spacial score (nSPS) is 10.2. The van der Waals surface area contributed by atoms with E-state index in [9.17, 15) is 9.90 Å². The number of aromatic nitrogens is 2. The molecule has 0 bridgehead atoms. The third-order valence-electron chi connectivity index (χ3n) is 2.57. The van der Waals surface area contributed by atoms with E-state index < -0.39 is 5.56 Å². The lowest BCUT2D eigenvalue weighted by atomic mass is 10.2. The first-order valence-electron chi connectivity index (χ1n) is 5.45. The standard InChI is InChI=1S/C12H12ClN3O3/c1-19-9-4-2-3-7(11(9)17)5-14-8-6-15-16-12(18)10(8)13/h2-4,6,17H,5H2,1H3,(H2,14,16,18). The van der Waals surface area contributed by atoms with Crippen molar-refractivity contribution in [3.63, 3.8) is 0 Å². The number of nitrogens with one attached hydrogen (secondary N) is 2. The van der Waals surface area contributed by atoms with E-state index in [0.29, 0.717) is 17.0 Å². The van der Waals surface area contributed by atoms with Gasteiger partial charge in [-0.05, 0) is 6.07 Å². The molecule has 100 valence electrons. The molecule has 0 atom stereocenters. The van der Waals surface area contributed by atoms with Crippen LogP contribution in [-0.4, -0.2) is 22.4 Å². The first kappa shape index (κ1) is 13.2. The number of H-pyrrole nitrogens is 1. The smallest absolute Gasteiger partial charge is 0.285 e. The van der Waals surface area contributed by atoms with Gasteiger partial charge in [0.1, 0.15) is 5.02 Å². The average Bonchev–Trinajstić information content (AvgIpc) is 2.42. The van der Waals surface area contributed by atoms with Gasteiger partial charge in [0.15, 0.2) is 11.5 Å². The van der Waals surface area contributed by atoms with Crippen LogP contribution in [0.2, 0.25) is 5.02 Å². The largest absolute Gasteiger partial charge is 0.504 e. The van der Waals surface area contributed by atoms with Crippen molar-refractivity contribution in [3.05, 3.63) is 45.3 Å². The van der Waals surface area contributed by atoms with E-state index in [2.05, 4.69) is 15.5 Å². The maximum Gasteiger partial charge on any atom is 0.285 e. The minimum atomic E-state index is -0.471. The van der Waals surface area contributed by atoms with Gasteiger partial charge in [-0.25, -0.2) is 5.10 Å². The fraction of sp³-hybridized carbons (Fsp3) is 0.167. The summed E-state index contributed by atoms with van der Waals surface area (Å²) in [6.07, 6.45) is 1.40. The molecular formula is C12H12ClN3O3. The Bertz CT molecular complexity index is 642. The molecule has 1 heterocycles. The molecule has 0 unspecified atom stereocenters. The summed E-state index contributed by atoms with van der Waals surface area (Å²) in [6, 6.07) is 5.15. The number of anilines is 1. The van der Waals surface area contributed by atoms with Crippen molar-refractivity contribution >= 4 is 17.3 Å². The molecule has 0 amide bonds. The second kappa shape index (κ2) is 5.62. The van der Waals surface area contributed by atoms with Crippen LogP contribution in [0.25, 0.3) is 0 Å². The predicted octanol–water partition coefficient (Wildman–Crippen LogP) is 1.75. The van der Waals surface area contributed by atoms with Gasteiger partial charge in [0.25, 0.3) is 5.56 Å². The molecule has 0 saturated carbocycles. The van der Waals surface area contributed by atoms with Crippen molar-refractivity contribution in [3.8, 4) is 11.5 Å². The van der Waals surface area contributed by atoms with E-state index in [1.807, 2.05) is 0 Å². The van der Waals surface area contributed by atoms with Crippen LogP contribution in [-0.2, 0) is 6.54 Å². The maximum atomic E-state index is 11.3. The Morgan fingerprint density at radius 2 is 2.32 bits per heavy atom. The lowest BCUT2D eigenvalue weighted by Crippen LogP contribution is -2.11. The molecular weight excluding hydrogens is 270 g/mol. The number of phenols is 1. The lowest BCUT2D eigenvalue weighted by molar-refractivity contribution is 0.371. The van der Waals surface area contributed by atoms with Crippen LogP contribution in [0.3, 0.4) is 0 Å². The number of halogens is 1. The Kier molecular flexibility index (Phi) is 3.91. The van der Waals surface area contributed by atoms with Gasteiger partial charge in [-0.3, -0.25) is 4.79 Å². The van der Waals surface area contributed by atoms with Gasteiger partial charge < -0.3 is 15.2 Å². The molecule has 2 aromatic rings. The highest BCUT2D eigenvalue weighted by Gasteiger charge is 2.09. The highest BCUT2D eigenvalue weighted by atomic mass is 35.5. The molecule has 0 spiro atoms. The summed E-state index contributed by atoms with van der Waals surface area (Å²) in [6.45, 7) is 0.286. The van der Waals surface area contributed by atoms with Crippen LogP contribution in [0.4, 0.5) is 5.69 Å². The molecule has 0 saturated heterocycles. The van der Waals surface area contributed by atoms with Crippen LogP contribution in [0, 0.1) is 0 Å². The SMILES string of the molecule is COc1cccc(CNc2cn[nH]c(=O)c2Cl)c1O. The number of ether oxygens (including phenoxy) is 1. The minimum Gasteiger partial charge on any atom is -0.504 e. The van der Waals surface area contributed by atoms with Crippen molar-refractivity contribution in [1.29, 1.82) is 0 Å². The minimum absolute atomic E-state index is 0.0254. The fourth-order valence-corrected chi connectivity index (χ4v) is 1.73. The molecule has 0 aliphatic carbocycles. The quantitative estimate of drug-likeness (QED) is 0.795. The van der Waals surface area contributed by atoms with Crippen molar-refractivity contribution in [2.75, 3.05) is 12.4 Å². The first-order valence-corrected chi connectivity index (χ1v) is 5.83. The highest BCUT2D eigenvalue weighted by Crippen LogP contribution is 2.30. The van der Waals surface area contributed by atoms with Crippen LogP contribution in [0.5, 0.6) is 11.5 Å². The Balaban J connectivity index is 2.19. The van der Waals surface area contributed by atoms with Gasteiger partial charge in [-0.2, -0.15) is 5.10 Å². The lowest BCUT2D eigenvalue weighted by Gasteiger charge is -2.10. The summed E-state index contributed by atoms with van der Waals surface area (Å²) in [5.74, 6) is 0.431. The van der Waals surface area contributed by atoms with Crippen LogP contribution in [0.15, 0.2) is 29.2 Å². The predicted molar refractivity (Wildman–Crippen MR) is 71.9 cm³/mol. The zero-order valence-electron chi connectivity index (χ0n) is 10.1. The number of phenolic OH excluding ortho intramolecular Hbond substituents is 1. The van der Waals surface area contributed by atoms with E-state index in [-0.39, 0.29) is 17.3 Å². The first-order chi connectivity index (χ1) is 9.13. The second-order valence-electron chi connectivity index (χ2n) is 3.75. The number of rotatable bonds is 4. The van der Waals surface area contributed by atoms with Crippen LogP contribution < -0.4 is 15.6 Å². The Hall–Kier alpha value is -2.21. The molecule has 3 N–H and O–H groups in total. The third-order valence-corrected chi connectivity index (χ3v) is 2.94. The summed E-state index contributed by atoms with van der Waals surface area (Å²) in [4.78, 5) is 11.3. The molecule has 7 heteroatoms. The summed E-state index contributed by atoms with van der Waals surface area (Å²) in [5.41, 5.74) is 0.546. The van der Waals surface area contributed by atoms with Gasteiger partial charge in [0.2, 0.25) is 0 Å². The van der Waals surface area contributed by atoms with E-state index in [1.54, 1.807) is 18.2 Å². The number of aromatic hydroxyl groups is 1. The summed E-state index contributed by atoms with van der Waals surface area (Å²) < 4.78 is 5.01. The second-order valence-corrected chi connectivity index (χ2v) is 4.13.